The lowest BCUT2D eigenvalue weighted by Gasteiger charge is -2.47. The summed E-state index contributed by atoms with van der Waals surface area (Å²) in [6.45, 7) is 1.16. The van der Waals surface area contributed by atoms with Gasteiger partial charge < -0.3 is 23.7 Å². The van der Waals surface area contributed by atoms with Crippen LogP contribution in [0.15, 0.2) is 101 Å². The molecule has 0 aromatic heterocycles. The molecule has 0 N–H and O–H groups in total. The topological polar surface area (TPSA) is 70.9 Å². The number of fused-ring (bicyclic) bond motifs is 1. The summed E-state index contributed by atoms with van der Waals surface area (Å²) in [5, 5.41) is 8.49. The van der Waals surface area contributed by atoms with Crippen molar-refractivity contribution in [2.45, 2.75) is 49.8 Å². The molecule has 7 nitrogen and oxygen atoms in total. The second-order valence-electron chi connectivity index (χ2n) is 8.67. The predicted molar refractivity (Wildman–Crippen MR) is 123 cm³/mol. The van der Waals surface area contributed by atoms with E-state index in [4.69, 9.17) is 23.7 Å². The zero-order valence-corrected chi connectivity index (χ0v) is 18.6. The third kappa shape index (κ3) is 4.41. The number of nitrogens with zero attached hydrogens (tertiary/aromatic N) is 2. The van der Waals surface area contributed by atoms with Gasteiger partial charge in [-0.05, 0) is 11.1 Å². The number of benzene rings is 3. The molecule has 3 aliphatic heterocycles. The van der Waals surface area contributed by atoms with Gasteiger partial charge in [-0.2, -0.15) is 0 Å². The van der Waals surface area contributed by atoms with Crippen molar-refractivity contribution in [2.75, 3.05) is 6.61 Å². The zero-order chi connectivity index (χ0) is 22.8. The van der Waals surface area contributed by atoms with Crippen LogP contribution in [-0.2, 0) is 36.9 Å². The van der Waals surface area contributed by atoms with E-state index in [1.54, 1.807) is 0 Å². The maximum atomic E-state index is 6.49. The van der Waals surface area contributed by atoms with E-state index in [-0.39, 0.29) is 6.10 Å². The Hall–Kier alpha value is -2.94. The standard InChI is InChI=1S/C27H26N2O5/c1-4-10-19(11-5-1)16-30-24-23-22(18-32-26(33-23)21-14-8-3-9-15-21)34-27(28-29-27)25(24)31-17-20-12-6-2-7-13-20/h1-15,22-26H,16-18H2/t22-,23-,24+,25-,26?/m1/s1. The van der Waals surface area contributed by atoms with Crippen LogP contribution >= 0.6 is 0 Å². The van der Waals surface area contributed by atoms with Crippen LogP contribution in [0.1, 0.15) is 23.0 Å². The quantitative estimate of drug-likeness (QED) is 0.509. The van der Waals surface area contributed by atoms with Gasteiger partial charge in [-0.3, -0.25) is 0 Å². The lowest BCUT2D eigenvalue weighted by Crippen LogP contribution is -2.64. The highest BCUT2D eigenvalue weighted by Gasteiger charge is 2.64. The van der Waals surface area contributed by atoms with Crippen LogP contribution in [0.3, 0.4) is 0 Å². The summed E-state index contributed by atoms with van der Waals surface area (Å²) >= 11 is 0. The lowest BCUT2D eigenvalue weighted by atomic mass is 9.94. The summed E-state index contributed by atoms with van der Waals surface area (Å²) < 4.78 is 31.6. The molecule has 7 heteroatoms. The molecule has 0 bridgehead atoms. The van der Waals surface area contributed by atoms with Crippen LogP contribution in [0.2, 0.25) is 0 Å². The Labute approximate surface area is 198 Å². The molecule has 3 heterocycles. The molecule has 0 radical (unpaired) electrons. The average Bonchev–Trinajstić information content (AvgIpc) is 3.67. The molecule has 3 aromatic carbocycles. The minimum Gasteiger partial charge on any atom is -0.368 e. The Bertz CT molecular complexity index is 1110. The molecule has 174 valence electrons. The van der Waals surface area contributed by atoms with Gasteiger partial charge in [0.1, 0.15) is 18.3 Å². The van der Waals surface area contributed by atoms with Crippen LogP contribution in [0.4, 0.5) is 0 Å². The zero-order valence-electron chi connectivity index (χ0n) is 18.6. The van der Waals surface area contributed by atoms with Crippen molar-refractivity contribution in [3.05, 3.63) is 108 Å². The monoisotopic (exact) mass is 458 g/mol. The lowest BCUT2D eigenvalue weighted by molar-refractivity contribution is -0.348. The van der Waals surface area contributed by atoms with Gasteiger partial charge in [0.15, 0.2) is 12.4 Å². The largest absolute Gasteiger partial charge is 0.368 e. The number of hydrogen-bond acceptors (Lipinski definition) is 7. The molecular weight excluding hydrogens is 432 g/mol. The predicted octanol–water partition coefficient (Wildman–Crippen LogP) is 4.79. The van der Waals surface area contributed by atoms with Gasteiger partial charge in [0.2, 0.25) is 0 Å². The maximum Gasteiger partial charge on any atom is 0.322 e. The summed E-state index contributed by atoms with van der Waals surface area (Å²) in [7, 11) is 0. The molecule has 3 aromatic rings. The molecule has 0 amide bonds. The Morgan fingerprint density at radius 3 is 1.97 bits per heavy atom. The van der Waals surface area contributed by atoms with E-state index in [1.165, 1.54) is 0 Å². The van der Waals surface area contributed by atoms with Gasteiger partial charge in [-0.15, -0.1) is 10.2 Å². The normalized spacial score (nSPS) is 29.0. The highest BCUT2D eigenvalue weighted by atomic mass is 16.7. The molecule has 5 atom stereocenters. The first-order valence-corrected chi connectivity index (χ1v) is 11.6. The number of hydrogen-bond donors (Lipinski definition) is 0. The minimum absolute atomic E-state index is 0.355. The second kappa shape index (κ2) is 9.37. The van der Waals surface area contributed by atoms with Crippen molar-refractivity contribution in [1.29, 1.82) is 0 Å². The van der Waals surface area contributed by atoms with Crippen molar-refractivity contribution in [3.8, 4) is 0 Å². The van der Waals surface area contributed by atoms with E-state index in [2.05, 4.69) is 10.2 Å². The molecule has 3 aliphatic rings. The molecule has 2 saturated heterocycles. The van der Waals surface area contributed by atoms with Crippen molar-refractivity contribution >= 4 is 0 Å². The molecule has 0 aliphatic carbocycles. The van der Waals surface area contributed by atoms with Crippen LogP contribution in [0.5, 0.6) is 0 Å². The highest BCUT2D eigenvalue weighted by Crippen LogP contribution is 2.47. The molecular formula is C27H26N2O5. The Morgan fingerprint density at radius 1 is 0.765 bits per heavy atom. The first-order valence-electron chi connectivity index (χ1n) is 11.6. The van der Waals surface area contributed by atoms with Gasteiger partial charge in [-0.25, -0.2) is 0 Å². The van der Waals surface area contributed by atoms with E-state index in [9.17, 15) is 0 Å². The van der Waals surface area contributed by atoms with Crippen molar-refractivity contribution in [2.24, 2.45) is 10.2 Å². The average molecular weight is 459 g/mol. The maximum absolute atomic E-state index is 6.49. The van der Waals surface area contributed by atoms with E-state index >= 15 is 0 Å². The van der Waals surface area contributed by atoms with Crippen molar-refractivity contribution in [1.82, 2.24) is 0 Å². The SMILES string of the molecule is c1ccc(CO[C@H]2[C@@H]3OC(c4ccccc4)OC[C@H]3OC3(N=N3)[C@@H]2OCc2ccccc2)cc1. The van der Waals surface area contributed by atoms with Crippen LogP contribution in [0, 0.1) is 0 Å². The first kappa shape index (κ1) is 21.6. The minimum atomic E-state index is -1.08. The first-order chi connectivity index (χ1) is 16.8. The van der Waals surface area contributed by atoms with E-state index in [0.717, 1.165) is 16.7 Å². The summed E-state index contributed by atoms with van der Waals surface area (Å²) in [6, 6.07) is 30.0. The van der Waals surface area contributed by atoms with E-state index in [1.807, 2.05) is 91.0 Å². The Morgan fingerprint density at radius 2 is 1.35 bits per heavy atom. The van der Waals surface area contributed by atoms with Gasteiger partial charge in [0, 0.05) is 5.56 Å². The molecule has 1 spiro atoms. The van der Waals surface area contributed by atoms with Crippen molar-refractivity contribution in [3.63, 3.8) is 0 Å². The van der Waals surface area contributed by atoms with Crippen LogP contribution < -0.4 is 0 Å². The molecule has 1 unspecified atom stereocenters. The molecule has 6 rings (SSSR count). The summed E-state index contributed by atoms with van der Waals surface area (Å²) in [5.41, 5.74) is 3.07. The molecule has 0 saturated carbocycles. The smallest absolute Gasteiger partial charge is 0.322 e. The summed E-state index contributed by atoms with van der Waals surface area (Å²) in [5.74, 6) is -1.08. The number of rotatable bonds is 7. The Balaban J connectivity index is 1.26. The fraction of sp³-hybridized carbons (Fsp3) is 0.333. The fourth-order valence-electron chi connectivity index (χ4n) is 4.52. The third-order valence-electron chi connectivity index (χ3n) is 6.30. The molecule has 2 fully saturated rings. The van der Waals surface area contributed by atoms with E-state index < -0.39 is 30.5 Å². The highest BCUT2D eigenvalue weighted by molar-refractivity contribution is 5.18. The van der Waals surface area contributed by atoms with Crippen LogP contribution in [0.25, 0.3) is 0 Å². The van der Waals surface area contributed by atoms with Gasteiger partial charge >= 0.3 is 5.85 Å². The molecule has 34 heavy (non-hydrogen) atoms. The summed E-state index contributed by atoms with van der Waals surface area (Å²) in [6.07, 6.45) is -2.28. The van der Waals surface area contributed by atoms with Crippen molar-refractivity contribution < 1.29 is 23.7 Å². The van der Waals surface area contributed by atoms with Gasteiger partial charge in [0.25, 0.3) is 0 Å². The second-order valence-corrected chi connectivity index (χ2v) is 8.67. The van der Waals surface area contributed by atoms with Crippen LogP contribution in [-0.4, -0.2) is 36.9 Å². The summed E-state index contributed by atoms with van der Waals surface area (Å²) in [4.78, 5) is 0. The van der Waals surface area contributed by atoms with E-state index in [0.29, 0.717) is 19.8 Å². The fourth-order valence-corrected chi connectivity index (χ4v) is 4.52. The van der Waals surface area contributed by atoms with Gasteiger partial charge in [-0.1, -0.05) is 91.0 Å². The van der Waals surface area contributed by atoms with Gasteiger partial charge in [0.05, 0.1) is 19.8 Å². The Kier molecular flexibility index (Phi) is 5.95. The third-order valence-corrected chi connectivity index (χ3v) is 6.30. The number of ether oxygens (including phenoxy) is 5.